The van der Waals surface area contributed by atoms with Crippen LogP contribution in [0.15, 0.2) is 61.2 Å². The fourth-order valence-electron chi connectivity index (χ4n) is 2.90. The highest BCUT2D eigenvalue weighted by atomic mass is 16.5. The lowest BCUT2D eigenvalue weighted by molar-refractivity contribution is -0.126. The minimum atomic E-state index is -0.101. The van der Waals surface area contributed by atoms with E-state index >= 15 is 0 Å². The molecule has 1 heterocycles. The van der Waals surface area contributed by atoms with Gasteiger partial charge in [0.2, 0.25) is 5.91 Å². The van der Waals surface area contributed by atoms with Gasteiger partial charge in [0, 0.05) is 24.8 Å². The Morgan fingerprint density at radius 3 is 2.52 bits per heavy atom. The van der Waals surface area contributed by atoms with Gasteiger partial charge in [0.15, 0.2) is 0 Å². The van der Waals surface area contributed by atoms with Crippen LogP contribution in [0.25, 0.3) is 11.8 Å². The molecule has 1 aromatic heterocycles. The molecule has 1 amide bonds. The number of ether oxygens (including phenoxy) is 2. The van der Waals surface area contributed by atoms with Crippen molar-refractivity contribution in [3.05, 3.63) is 72.3 Å². The number of amides is 1. The predicted octanol–water partition coefficient (Wildman–Crippen LogP) is 3.52. The van der Waals surface area contributed by atoms with Crippen LogP contribution in [0.3, 0.4) is 0 Å². The number of hydrogen-bond acceptors (Lipinski definition) is 5. The SMILES string of the molecule is COc1ccc(/C=C/C(=O)N(C)[C@H](C)c2ccc(-n3cncn3)cc2)c(OC)c1. The summed E-state index contributed by atoms with van der Waals surface area (Å²) in [6.45, 7) is 1.99. The molecule has 0 N–H and O–H groups in total. The summed E-state index contributed by atoms with van der Waals surface area (Å²) >= 11 is 0. The van der Waals surface area contributed by atoms with Crippen molar-refractivity contribution in [2.24, 2.45) is 0 Å². The van der Waals surface area contributed by atoms with Crippen LogP contribution in [0, 0.1) is 0 Å². The molecule has 0 bridgehead atoms. The number of hydrogen-bond donors (Lipinski definition) is 0. The zero-order chi connectivity index (χ0) is 20.8. The van der Waals surface area contributed by atoms with Crippen LogP contribution in [0.5, 0.6) is 11.5 Å². The number of carbonyl (C=O) groups is 1. The van der Waals surface area contributed by atoms with E-state index in [1.807, 2.05) is 43.3 Å². The topological polar surface area (TPSA) is 69.5 Å². The van der Waals surface area contributed by atoms with Gasteiger partial charge < -0.3 is 14.4 Å². The third kappa shape index (κ3) is 4.63. The first-order valence-corrected chi connectivity index (χ1v) is 9.15. The first-order chi connectivity index (χ1) is 14.0. The van der Waals surface area contributed by atoms with E-state index in [1.165, 1.54) is 6.33 Å². The molecule has 0 aliphatic rings. The maximum Gasteiger partial charge on any atom is 0.246 e. The van der Waals surface area contributed by atoms with Crippen LogP contribution in [-0.2, 0) is 4.79 Å². The molecule has 0 radical (unpaired) electrons. The number of methoxy groups -OCH3 is 2. The maximum atomic E-state index is 12.7. The van der Waals surface area contributed by atoms with Gasteiger partial charge >= 0.3 is 0 Å². The van der Waals surface area contributed by atoms with Gasteiger partial charge in [-0.2, -0.15) is 5.10 Å². The van der Waals surface area contributed by atoms with E-state index in [1.54, 1.807) is 55.4 Å². The molecule has 0 unspecified atom stereocenters. The fraction of sp³-hybridized carbons (Fsp3) is 0.227. The summed E-state index contributed by atoms with van der Waals surface area (Å²) in [6, 6.07) is 13.3. The lowest BCUT2D eigenvalue weighted by atomic mass is 10.1. The summed E-state index contributed by atoms with van der Waals surface area (Å²) in [5.74, 6) is 1.24. The Hall–Kier alpha value is -3.61. The van der Waals surface area contributed by atoms with Gasteiger partial charge in [-0.3, -0.25) is 4.79 Å². The van der Waals surface area contributed by atoms with Crippen LogP contribution in [0.2, 0.25) is 0 Å². The van der Waals surface area contributed by atoms with E-state index < -0.39 is 0 Å². The summed E-state index contributed by atoms with van der Waals surface area (Å²) in [6.07, 6.45) is 6.43. The number of benzene rings is 2. The summed E-state index contributed by atoms with van der Waals surface area (Å²) in [7, 11) is 4.97. The van der Waals surface area contributed by atoms with E-state index in [9.17, 15) is 4.79 Å². The standard InChI is InChI=1S/C22H24N4O3/c1-16(17-5-9-19(10-6-17)26-15-23-14-24-26)25(2)22(27)12-8-18-7-11-20(28-3)13-21(18)29-4/h5-16H,1-4H3/b12-8+/t16-/m1/s1. The summed E-state index contributed by atoms with van der Waals surface area (Å²) in [5, 5.41) is 4.12. The highest BCUT2D eigenvalue weighted by molar-refractivity contribution is 5.92. The molecule has 7 heteroatoms. The maximum absolute atomic E-state index is 12.7. The summed E-state index contributed by atoms with van der Waals surface area (Å²) < 4.78 is 12.3. The Morgan fingerprint density at radius 1 is 1.14 bits per heavy atom. The van der Waals surface area contributed by atoms with Crippen LogP contribution in [-0.4, -0.2) is 46.8 Å². The minimum Gasteiger partial charge on any atom is -0.497 e. The van der Waals surface area contributed by atoms with Gasteiger partial charge in [-0.1, -0.05) is 12.1 Å². The van der Waals surface area contributed by atoms with Gasteiger partial charge in [-0.15, -0.1) is 0 Å². The summed E-state index contributed by atoms with van der Waals surface area (Å²) in [4.78, 5) is 18.3. The Labute approximate surface area is 170 Å². The van der Waals surface area contributed by atoms with Crippen molar-refractivity contribution >= 4 is 12.0 Å². The van der Waals surface area contributed by atoms with Gasteiger partial charge in [-0.05, 0) is 42.8 Å². The fourth-order valence-corrected chi connectivity index (χ4v) is 2.90. The lowest BCUT2D eigenvalue weighted by Gasteiger charge is -2.24. The Kier molecular flexibility index (Phi) is 6.29. The van der Waals surface area contributed by atoms with Gasteiger partial charge in [0.1, 0.15) is 24.2 Å². The third-order valence-electron chi connectivity index (χ3n) is 4.83. The van der Waals surface area contributed by atoms with Crippen molar-refractivity contribution in [1.29, 1.82) is 0 Å². The molecule has 0 fully saturated rings. The first kappa shape index (κ1) is 20.1. The van der Waals surface area contributed by atoms with E-state index in [-0.39, 0.29) is 11.9 Å². The highest BCUT2D eigenvalue weighted by Gasteiger charge is 2.16. The molecule has 7 nitrogen and oxygen atoms in total. The average molecular weight is 392 g/mol. The molecule has 3 aromatic rings. The Balaban J connectivity index is 1.70. The van der Waals surface area contributed by atoms with Gasteiger partial charge in [-0.25, -0.2) is 9.67 Å². The normalized spacial score (nSPS) is 12.0. The zero-order valence-electron chi connectivity index (χ0n) is 16.9. The third-order valence-corrected chi connectivity index (χ3v) is 4.83. The molecular formula is C22H24N4O3. The Morgan fingerprint density at radius 2 is 1.90 bits per heavy atom. The second-order valence-electron chi connectivity index (χ2n) is 6.50. The molecule has 0 aliphatic carbocycles. The molecule has 29 heavy (non-hydrogen) atoms. The molecule has 0 aliphatic heterocycles. The largest absolute Gasteiger partial charge is 0.497 e. The van der Waals surface area contributed by atoms with Crippen molar-refractivity contribution in [2.75, 3.05) is 21.3 Å². The monoisotopic (exact) mass is 392 g/mol. The van der Waals surface area contributed by atoms with E-state index in [2.05, 4.69) is 10.1 Å². The number of nitrogens with zero attached hydrogens (tertiary/aromatic N) is 4. The first-order valence-electron chi connectivity index (χ1n) is 9.15. The van der Waals surface area contributed by atoms with Crippen LogP contribution >= 0.6 is 0 Å². The molecule has 0 saturated carbocycles. The average Bonchev–Trinajstić information content (AvgIpc) is 3.31. The van der Waals surface area contributed by atoms with E-state index in [0.29, 0.717) is 11.5 Å². The Bertz CT molecular complexity index is 982. The molecule has 0 saturated heterocycles. The molecule has 0 spiro atoms. The number of carbonyl (C=O) groups excluding carboxylic acids is 1. The second-order valence-corrected chi connectivity index (χ2v) is 6.50. The zero-order valence-corrected chi connectivity index (χ0v) is 16.9. The van der Waals surface area contributed by atoms with Gasteiger partial charge in [0.05, 0.1) is 25.9 Å². The molecular weight excluding hydrogens is 368 g/mol. The van der Waals surface area contributed by atoms with Crippen LogP contribution < -0.4 is 9.47 Å². The summed E-state index contributed by atoms with van der Waals surface area (Å²) in [5.41, 5.74) is 2.75. The second kappa shape index (κ2) is 9.05. The van der Waals surface area contributed by atoms with Crippen LogP contribution in [0.4, 0.5) is 0 Å². The highest BCUT2D eigenvalue weighted by Crippen LogP contribution is 2.26. The molecule has 150 valence electrons. The van der Waals surface area contributed by atoms with Crippen molar-refractivity contribution in [1.82, 2.24) is 19.7 Å². The molecule has 2 aromatic carbocycles. The van der Waals surface area contributed by atoms with Crippen molar-refractivity contribution < 1.29 is 14.3 Å². The van der Waals surface area contributed by atoms with Crippen molar-refractivity contribution in [3.8, 4) is 17.2 Å². The number of aromatic nitrogens is 3. The smallest absolute Gasteiger partial charge is 0.246 e. The predicted molar refractivity (Wildman–Crippen MR) is 111 cm³/mol. The quantitative estimate of drug-likeness (QED) is 0.576. The van der Waals surface area contributed by atoms with Crippen molar-refractivity contribution in [2.45, 2.75) is 13.0 Å². The van der Waals surface area contributed by atoms with E-state index in [0.717, 1.165) is 16.8 Å². The van der Waals surface area contributed by atoms with Gasteiger partial charge in [0.25, 0.3) is 0 Å². The molecule has 3 rings (SSSR count). The molecule has 1 atom stereocenters. The van der Waals surface area contributed by atoms with E-state index in [4.69, 9.17) is 9.47 Å². The number of rotatable bonds is 7. The van der Waals surface area contributed by atoms with Crippen molar-refractivity contribution in [3.63, 3.8) is 0 Å². The minimum absolute atomic E-state index is 0.0882. The lowest BCUT2D eigenvalue weighted by Crippen LogP contribution is -2.28. The number of likely N-dealkylation sites (N-methyl/N-ethyl adjacent to an activating group) is 1. The van der Waals surface area contributed by atoms with Crippen LogP contribution in [0.1, 0.15) is 24.1 Å².